The van der Waals surface area contributed by atoms with Crippen molar-refractivity contribution in [3.63, 3.8) is 0 Å². The van der Waals surface area contributed by atoms with Crippen molar-refractivity contribution in [2.24, 2.45) is 5.92 Å². The summed E-state index contributed by atoms with van der Waals surface area (Å²) >= 11 is 0. The highest BCUT2D eigenvalue weighted by Gasteiger charge is 2.22. The van der Waals surface area contributed by atoms with Gasteiger partial charge in [-0.05, 0) is 49.3 Å². The second kappa shape index (κ2) is 5.73. The molecule has 1 aliphatic rings. The number of terminal acetylenes is 1. The van der Waals surface area contributed by atoms with Crippen LogP contribution in [0.1, 0.15) is 42.7 Å². The van der Waals surface area contributed by atoms with E-state index in [2.05, 4.69) is 12.0 Å². The first-order chi connectivity index (χ1) is 8.78. The first-order valence-electron chi connectivity index (χ1n) is 6.38. The minimum absolute atomic E-state index is 0.256. The molecule has 0 radical (unpaired) electrons. The molecule has 0 saturated heterocycles. The molecular formula is C16H18O2. The molecule has 0 bridgehead atoms. The van der Waals surface area contributed by atoms with Crippen molar-refractivity contribution >= 4 is 6.29 Å². The van der Waals surface area contributed by atoms with Crippen LogP contribution in [0.15, 0.2) is 18.2 Å². The van der Waals surface area contributed by atoms with Crippen LogP contribution in [0.2, 0.25) is 0 Å². The van der Waals surface area contributed by atoms with E-state index in [0.717, 1.165) is 43.3 Å². The lowest BCUT2D eigenvalue weighted by Gasteiger charge is -2.26. The standard InChI is InChI=1S/C16H18O2/c1-3-13-10-15(8-9-16(13)18-2)14-6-4-12(11-17)5-7-14/h1,8-12,14H,4-7H2,2H3/t12-,14-. The number of methoxy groups -OCH3 is 1. The molecule has 2 heteroatoms. The topological polar surface area (TPSA) is 26.3 Å². The van der Waals surface area contributed by atoms with Gasteiger partial charge in [0.1, 0.15) is 12.0 Å². The molecule has 1 aromatic carbocycles. The van der Waals surface area contributed by atoms with Crippen LogP contribution in [0.5, 0.6) is 5.75 Å². The van der Waals surface area contributed by atoms with Crippen LogP contribution in [0.25, 0.3) is 0 Å². The fourth-order valence-electron chi connectivity index (χ4n) is 2.68. The van der Waals surface area contributed by atoms with Gasteiger partial charge < -0.3 is 9.53 Å². The molecule has 0 amide bonds. The summed E-state index contributed by atoms with van der Waals surface area (Å²) in [5.41, 5.74) is 2.08. The Morgan fingerprint density at radius 2 is 2.06 bits per heavy atom. The van der Waals surface area contributed by atoms with Gasteiger partial charge in [-0.3, -0.25) is 0 Å². The third-order valence-electron chi connectivity index (χ3n) is 3.81. The number of hydrogen-bond acceptors (Lipinski definition) is 2. The maximum atomic E-state index is 10.7. The van der Waals surface area contributed by atoms with E-state index in [-0.39, 0.29) is 5.92 Å². The predicted octanol–water partition coefficient (Wildman–Crippen LogP) is 3.15. The minimum atomic E-state index is 0.256. The van der Waals surface area contributed by atoms with Gasteiger partial charge in [-0.2, -0.15) is 0 Å². The van der Waals surface area contributed by atoms with E-state index in [9.17, 15) is 4.79 Å². The van der Waals surface area contributed by atoms with Crippen LogP contribution in [0, 0.1) is 18.3 Å². The molecule has 0 aromatic heterocycles. The van der Waals surface area contributed by atoms with Crippen molar-refractivity contribution in [2.45, 2.75) is 31.6 Å². The minimum Gasteiger partial charge on any atom is -0.495 e. The Morgan fingerprint density at radius 1 is 1.33 bits per heavy atom. The number of carbonyl (C=O) groups is 1. The lowest BCUT2D eigenvalue weighted by molar-refractivity contribution is -0.111. The van der Waals surface area contributed by atoms with E-state index in [1.54, 1.807) is 7.11 Å². The molecule has 0 N–H and O–H groups in total. The quantitative estimate of drug-likeness (QED) is 0.601. The summed E-state index contributed by atoms with van der Waals surface area (Å²) < 4.78 is 5.22. The third kappa shape index (κ3) is 2.56. The molecule has 0 atom stereocenters. The Labute approximate surface area is 108 Å². The van der Waals surface area contributed by atoms with Crippen LogP contribution in [-0.2, 0) is 4.79 Å². The van der Waals surface area contributed by atoms with E-state index in [1.807, 2.05) is 12.1 Å². The van der Waals surface area contributed by atoms with Gasteiger partial charge in [-0.25, -0.2) is 0 Å². The summed E-state index contributed by atoms with van der Waals surface area (Å²) in [4.78, 5) is 10.7. The summed E-state index contributed by atoms with van der Waals surface area (Å²) in [6.45, 7) is 0. The van der Waals surface area contributed by atoms with Crippen molar-refractivity contribution in [1.29, 1.82) is 0 Å². The predicted molar refractivity (Wildman–Crippen MR) is 71.7 cm³/mol. The summed E-state index contributed by atoms with van der Waals surface area (Å²) in [5.74, 6) is 4.20. The molecule has 1 saturated carbocycles. The zero-order chi connectivity index (χ0) is 13.0. The number of carbonyl (C=O) groups excluding carboxylic acids is 1. The molecule has 2 rings (SSSR count). The van der Waals surface area contributed by atoms with Gasteiger partial charge in [0.15, 0.2) is 0 Å². The molecule has 18 heavy (non-hydrogen) atoms. The molecular weight excluding hydrogens is 224 g/mol. The SMILES string of the molecule is C#Cc1cc([C@H]2CC[C@H](C=O)CC2)ccc1OC. The first kappa shape index (κ1) is 12.7. The van der Waals surface area contributed by atoms with Gasteiger partial charge in [0.2, 0.25) is 0 Å². The molecule has 1 fully saturated rings. The maximum Gasteiger partial charge on any atom is 0.134 e. The average molecular weight is 242 g/mol. The van der Waals surface area contributed by atoms with E-state index >= 15 is 0 Å². The lowest BCUT2D eigenvalue weighted by Crippen LogP contribution is -2.14. The van der Waals surface area contributed by atoms with Gasteiger partial charge in [0.25, 0.3) is 0 Å². The third-order valence-corrected chi connectivity index (χ3v) is 3.81. The fraction of sp³-hybridized carbons (Fsp3) is 0.438. The van der Waals surface area contributed by atoms with Gasteiger partial charge in [-0.15, -0.1) is 6.42 Å². The summed E-state index contributed by atoms with van der Waals surface area (Å²) in [7, 11) is 1.63. The Kier molecular flexibility index (Phi) is 4.04. The highest BCUT2D eigenvalue weighted by molar-refractivity contribution is 5.54. The van der Waals surface area contributed by atoms with Crippen LogP contribution < -0.4 is 4.74 Å². The average Bonchev–Trinajstić information content (AvgIpc) is 2.46. The highest BCUT2D eigenvalue weighted by Crippen LogP contribution is 2.36. The van der Waals surface area contributed by atoms with E-state index in [1.165, 1.54) is 5.56 Å². The number of aldehydes is 1. The van der Waals surface area contributed by atoms with E-state index < -0.39 is 0 Å². The van der Waals surface area contributed by atoms with Crippen LogP contribution in [0.3, 0.4) is 0 Å². The first-order valence-corrected chi connectivity index (χ1v) is 6.38. The number of ether oxygens (including phenoxy) is 1. The van der Waals surface area contributed by atoms with Gasteiger partial charge >= 0.3 is 0 Å². The Morgan fingerprint density at radius 3 is 2.61 bits per heavy atom. The van der Waals surface area contributed by atoms with Crippen LogP contribution >= 0.6 is 0 Å². The van der Waals surface area contributed by atoms with Crippen molar-refractivity contribution in [1.82, 2.24) is 0 Å². The van der Waals surface area contributed by atoms with E-state index in [0.29, 0.717) is 5.92 Å². The second-order valence-corrected chi connectivity index (χ2v) is 4.85. The normalized spacial score (nSPS) is 23.1. The van der Waals surface area contributed by atoms with Crippen molar-refractivity contribution in [2.75, 3.05) is 7.11 Å². The second-order valence-electron chi connectivity index (χ2n) is 4.85. The smallest absolute Gasteiger partial charge is 0.134 e. The summed E-state index contributed by atoms with van der Waals surface area (Å²) in [6.07, 6.45) is 10.7. The number of benzene rings is 1. The van der Waals surface area contributed by atoms with Crippen LogP contribution in [-0.4, -0.2) is 13.4 Å². The summed E-state index contributed by atoms with van der Waals surface area (Å²) in [5, 5.41) is 0. The zero-order valence-electron chi connectivity index (χ0n) is 10.7. The van der Waals surface area contributed by atoms with Gasteiger partial charge in [0, 0.05) is 5.92 Å². The monoisotopic (exact) mass is 242 g/mol. The van der Waals surface area contributed by atoms with Crippen molar-refractivity contribution < 1.29 is 9.53 Å². The Balaban J connectivity index is 2.15. The lowest BCUT2D eigenvalue weighted by atomic mass is 9.79. The Bertz CT molecular complexity index is 462. The highest BCUT2D eigenvalue weighted by atomic mass is 16.5. The molecule has 1 aliphatic carbocycles. The maximum absolute atomic E-state index is 10.7. The largest absolute Gasteiger partial charge is 0.495 e. The van der Waals surface area contributed by atoms with Crippen molar-refractivity contribution in [3.8, 4) is 18.1 Å². The number of hydrogen-bond donors (Lipinski definition) is 0. The molecule has 0 aliphatic heterocycles. The molecule has 94 valence electrons. The number of rotatable bonds is 3. The summed E-state index contributed by atoms with van der Waals surface area (Å²) in [6, 6.07) is 6.08. The molecule has 0 heterocycles. The van der Waals surface area contributed by atoms with Gasteiger partial charge in [0.05, 0.1) is 12.7 Å². The fourth-order valence-corrected chi connectivity index (χ4v) is 2.68. The molecule has 1 aromatic rings. The van der Waals surface area contributed by atoms with Crippen molar-refractivity contribution in [3.05, 3.63) is 29.3 Å². The molecule has 0 spiro atoms. The molecule has 0 unspecified atom stereocenters. The molecule has 2 nitrogen and oxygen atoms in total. The van der Waals surface area contributed by atoms with Gasteiger partial charge in [-0.1, -0.05) is 12.0 Å². The zero-order valence-corrected chi connectivity index (χ0v) is 10.7. The Hall–Kier alpha value is -1.75. The van der Waals surface area contributed by atoms with Crippen LogP contribution in [0.4, 0.5) is 0 Å². The van der Waals surface area contributed by atoms with E-state index in [4.69, 9.17) is 11.2 Å².